The number of hydrogen-bond acceptors (Lipinski definition) is 8. The van der Waals surface area contributed by atoms with Gasteiger partial charge in [-0.3, -0.25) is 20.3 Å². The predicted octanol–water partition coefficient (Wildman–Crippen LogP) is 1.59. The summed E-state index contributed by atoms with van der Waals surface area (Å²) in [5.41, 5.74) is 0.367. The number of ketones is 1. The van der Waals surface area contributed by atoms with Crippen LogP contribution in [0.4, 0.5) is 4.79 Å². The molecular weight excluding hydrogens is 458 g/mol. The van der Waals surface area contributed by atoms with Gasteiger partial charge in [0, 0.05) is 11.1 Å². The number of amidine groups is 1. The summed E-state index contributed by atoms with van der Waals surface area (Å²) in [6.45, 7) is 3.09. The summed E-state index contributed by atoms with van der Waals surface area (Å²) in [6, 6.07) is 11.7. The summed E-state index contributed by atoms with van der Waals surface area (Å²) in [4.78, 5) is 48.5. The molecule has 0 aliphatic heterocycles. The lowest BCUT2D eigenvalue weighted by molar-refractivity contribution is -0.151. The largest absolute Gasteiger partial charge is 0.478 e. The zero-order chi connectivity index (χ0) is 26.0. The number of aliphatic hydroxyl groups excluding tert-OH is 1. The number of para-hydroxylation sites is 1. The fraction of sp³-hybridized carbons (Fsp3) is 0.292. The number of carboxylic acids is 1. The first-order valence-corrected chi connectivity index (χ1v) is 10.6. The molecule has 2 amide bonds. The Morgan fingerprint density at radius 3 is 2.11 bits per heavy atom. The van der Waals surface area contributed by atoms with E-state index in [0.717, 1.165) is 0 Å². The lowest BCUT2D eigenvalue weighted by atomic mass is 10.1. The molecule has 0 saturated heterocycles. The first-order chi connectivity index (χ1) is 16.6. The molecule has 11 heteroatoms. The molecule has 0 bridgehead atoms. The van der Waals surface area contributed by atoms with E-state index in [2.05, 4.69) is 10.6 Å². The van der Waals surface area contributed by atoms with Crippen LogP contribution in [0.2, 0.25) is 0 Å². The highest BCUT2D eigenvalue weighted by Gasteiger charge is 2.35. The van der Waals surface area contributed by atoms with E-state index in [1.165, 1.54) is 36.4 Å². The molecule has 35 heavy (non-hydrogen) atoms. The van der Waals surface area contributed by atoms with Crippen LogP contribution in [0.15, 0.2) is 54.6 Å². The van der Waals surface area contributed by atoms with E-state index in [1.807, 2.05) is 13.8 Å². The highest BCUT2D eigenvalue weighted by atomic mass is 16.5. The highest BCUT2D eigenvalue weighted by Crippen LogP contribution is 2.13. The lowest BCUT2D eigenvalue weighted by Gasteiger charge is -2.20. The second-order valence-corrected chi connectivity index (χ2v) is 7.83. The van der Waals surface area contributed by atoms with Gasteiger partial charge in [0.2, 0.25) is 5.78 Å². The third-order valence-corrected chi connectivity index (χ3v) is 4.52. The Bertz CT molecular complexity index is 1050. The van der Waals surface area contributed by atoms with Crippen molar-refractivity contribution in [3.05, 3.63) is 65.7 Å². The first kappa shape index (κ1) is 27.0. The van der Waals surface area contributed by atoms with Gasteiger partial charge in [0.25, 0.3) is 12.0 Å². The molecule has 0 heterocycles. The third kappa shape index (κ3) is 8.23. The summed E-state index contributed by atoms with van der Waals surface area (Å²) >= 11 is 0. The minimum Gasteiger partial charge on any atom is -0.478 e. The quantitative estimate of drug-likeness (QED) is 0.181. The molecule has 0 radical (unpaired) electrons. The number of benzene rings is 2. The zero-order valence-corrected chi connectivity index (χ0v) is 19.2. The van der Waals surface area contributed by atoms with E-state index in [9.17, 15) is 29.4 Å². The van der Waals surface area contributed by atoms with Crippen LogP contribution < -0.4 is 15.4 Å². The second kappa shape index (κ2) is 12.8. The summed E-state index contributed by atoms with van der Waals surface area (Å²) in [6.07, 6.45) is -2.72. The van der Waals surface area contributed by atoms with Crippen molar-refractivity contribution in [1.29, 1.82) is 5.41 Å². The number of alkyl carbamates (subject to hydrolysis) is 1. The Hall–Kier alpha value is -4.25. The maximum atomic E-state index is 12.7. The molecule has 11 nitrogen and oxygen atoms in total. The maximum Gasteiger partial charge on any atom is 0.412 e. The molecule has 0 aliphatic rings. The van der Waals surface area contributed by atoms with Gasteiger partial charge in [-0.15, -0.1) is 0 Å². The van der Waals surface area contributed by atoms with Crippen molar-refractivity contribution >= 4 is 29.6 Å². The van der Waals surface area contributed by atoms with E-state index in [0.29, 0.717) is 5.56 Å². The molecule has 5 N–H and O–H groups in total. The maximum absolute atomic E-state index is 12.7. The Labute approximate surface area is 201 Å². The van der Waals surface area contributed by atoms with Gasteiger partial charge in [-0.25, -0.2) is 9.59 Å². The number of ether oxygens (including phenoxy) is 2. The van der Waals surface area contributed by atoms with Gasteiger partial charge in [0.05, 0.1) is 13.2 Å². The number of nitrogens with one attached hydrogen (secondary N) is 3. The Morgan fingerprint density at radius 2 is 1.57 bits per heavy atom. The van der Waals surface area contributed by atoms with Crippen LogP contribution in [-0.2, 0) is 14.3 Å². The van der Waals surface area contributed by atoms with Crippen LogP contribution in [-0.4, -0.2) is 65.2 Å². The predicted molar refractivity (Wildman–Crippen MR) is 124 cm³/mol. The lowest BCUT2D eigenvalue weighted by Crippen LogP contribution is -2.51. The number of Topliss-reactive ketones (excluding diaryl/α,β-unsaturated/α-hetero) is 1. The number of carbonyl (C=O) groups excluding carboxylic acids is 3. The summed E-state index contributed by atoms with van der Waals surface area (Å²) in [5.74, 6) is -3.34. The number of hydrogen-bond donors (Lipinski definition) is 5. The van der Waals surface area contributed by atoms with Crippen molar-refractivity contribution in [2.45, 2.75) is 26.0 Å². The molecule has 2 unspecified atom stereocenters. The van der Waals surface area contributed by atoms with Crippen molar-refractivity contribution in [3.63, 3.8) is 0 Å². The molecule has 0 aromatic heterocycles. The molecule has 2 atom stereocenters. The minimum atomic E-state index is -1.95. The molecule has 2 aromatic rings. The van der Waals surface area contributed by atoms with E-state index >= 15 is 0 Å². The Balaban J connectivity index is 2.02. The number of carbonyl (C=O) groups is 4. The summed E-state index contributed by atoms with van der Waals surface area (Å²) < 4.78 is 10.2. The fourth-order valence-corrected chi connectivity index (χ4v) is 2.74. The topological polar surface area (TPSA) is 175 Å². The molecule has 0 spiro atoms. The Morgan fingerprint density at radius 1 is 0.971 bits per heavy atom. The zero-order valence-electron chi connectivity index (χ0n) is 19.2. The average Bonchev–Trinajstić information content (AvgIpc) is 2.84. The third-order valence-electron chi connectivity index (χ3n) is 4.52. The summed E-state index contributed by atoms with van der Waals surface area (Å²) in [7, 11) is 0. The monoisotopic (exact) mass is 485 g/mol. The SMILES string of the molecule is CC(C)COC(=O)NC(=N)c1ccc(C(=O)NC(CO)C(=O)C(Oc2ccccc2)C(=O)O)cc1. The Kier molecular flexibility index (Phi) is 9.91. The molecular formula is C24H27N3O8. The molecule has 0 saturated carbocycles. The second-order valence-electron chi connectivity index (χ2n) is 7.83. The minimum absolute atomic E-state index is 0.0750. The van der Waals surface area contributed by atoms with Crippen molar-refractivity contribution in [3.8, 4) is 5.75 Å². The number of amides is 2. The average molecular weight is 485 g/mol. The van der Waals surface area contributed by atoms with E-state index in [1.54, 1.807) is 18.2 Å². The number of carboxylic acid groups (broad SMARTS) is 1. The fourth-order valence-electron chi connectivity index (χ4n) is 2.74. The van der Waals surface area contributed by atoms with Gasteiger partial charge in [-0.05, 0) is 30.2 Å². The van der Waals surface area contributed by atoms with Crippen molar-refractivity contribution in [2.75, 3.05) is 13.2 Å². The van der Waals surface area contributed by atoms with Crippen molar-refractivity contribution < 1.29 is 38.9 Å². The molecule has 0 fully saturated rings. The standard InChI is InChI=1S/C24H27N3O8/c1-14(2)13-34-24(33)27-21(25)15-8-10-16(11-9-15)22(30)26-18(12-28)19(29)20(23(31)32)35-17-6-4-3-5-7-17/h3-11,14,18,20,28H,12-13H2,1-2H3,(H,26,30)(H,31,32)(H2,25,27,33). The smallest absolute Gasteiger partial charge is 0.412 e. The number of aliphatic hydroxyl groups is 1. The van der Waals surface area contributed by atoms with Crippen LogP contribution >= 0.6 is 0 Å². The first-order valence-electron chi connectivity index (χ1n) is 10.6. The van der Waals surface area contributed by atoms with E-state index in [4.69, 9.17) is 14.9 Å². The van der Waals surface area contributed by atoms with Gasteiger partial charge >= 0.3 is 12.1 Å². The van der Waals surface area contributed by atoms with Gasteiger partial charge in [0.15, 0.2) is 0 Å². The molecule has 0 aliphatic carbocycles. The number of aliphatic carboxylic acids is 1. The van der Waals surface area contributed by atoms with Crippen LogP contribution in [0.25, 0.3) is 0 Å². The van der Waals surface area contributed by atoms with Crippen LogP contribution in [0, 0.1) is 11.3 Å². The molecule has 186 valence electrons. The molecule has 2 aromatic carbocycles. The van der Waals surface area contributed by atoms with E-state index in [-0.39, 0.29) is 29.7 Å². The van der Waals surface area contributed by atoms with Gasteiger partial charge in [-0.1, -0.05) is 44.2 Å². The van der Waals surface area contributed by atoms with Crippen LogP contribution in [0.3, 0.4) is 0 Å². The van der Waals surface area contributed by atoms with E-state index < -0.39 is 42.5 Å². The molecule has 2 rings (SSSR count). The highest BCUT2D eigenvalue weighted by molar-refractivity contribution is 6.07. The van der Waals surface area contributed by atoms with Gasteiger partial charge in [0.1, 0.15) is 17.6 Å². The normalized spacial score (nSPS) is 12.2. The van der Waals surface area contributed by atoms with Gasteiger partial charge in [-0.2, -0.15) is 0 Å². The van der Waals surface area contributed by atoms with Crippen LogP contribution in [0.5, 0.6) is 5.75 Å². The van der Waals surface area contributed by atoms with Crippen LogP contribution in [0.1, 0.15) is 29.8 Å². The van der Waals surface area contributed by atoms with Gasteiger partial charge < -0.3 is 25.0 Å². The van der Waals surface area contributed by atoms with Crippen molar-refractivity contribution in [2.24, 2.45) is 5.92 Å². The van der Waals surface area contributed by atoms with Crippen molar-refractivity contribution in [1.82, 2.24) is 10.6 Å². The number of rotatable bonds is 11. The summed E-state index contributed by atoms with van der Waals surface area (Å²) in [5, 5.41) is 31.5.